The second-order valence-corrected chi connectivity index (χ2v) is 8.91. The number of fused-ring (bicyclic) bond motifs is 1. The van der Waals surface area contributed by atoms with Crippen molar-refractivity contribution in [2.24, 2.45) is 11.8 Å². The number of nitrogens with zero attached hydrogens (tertiary/aromatic N) is 1. The summed E-state index contributed by atoms with van der Waals surface area (Å²) in [5.41, 5.74) is 0.458. The standard InChI is InChI=1S/C18H26N2O4S/c1-13(21)19-16-7-8-17(24-2)18(11-16)25(22,23)20-10-9-14-5-3-4-6-15(14)12-20/h7-8,11,14-15H,3-6,9-10,12H2,1-2H3,(H,19,21)/t14-,15-/m1/s1. The molecule has 0 spiro atoms. The molecular formula is C18H26N2O4S. The van der Waals surface area contributed by atoms with Gasteiger partial charge in [0.25, 0.3) is 0 Å². The molecule has 1 N–H and O–H groups in total. The summed E-state index contributed by atoms with van der Waals surface area (Å²) in [6.45, 7) is 2.53. The van der Waals surface area contributed by atoms with Crippen LogP contribution in [0.15, 0.2) is 23.1 Å². The van der Waals surface area contributed by atoms with Gasteiger partial charge >= 0.3 is 0 Å². The molecule has 1 heterocycles. The van der Waals surface area contributed by atoms with E-state index in [4.69, 9.17) is 4.74 Å². The summed E-state index contributed by atoms with van der Waals surface area (Å²) < 4.78 is 33.3. The second-order valence-electron chi connectivity index (χ2n) is 7.00. The van der Waals surface area contributed by atoms with Crippen molar-refractivity contribution in [2.45, 2.75) is 43.9 Å². The first-order valence-electron chi connectivity index (χ1n) is 8.87. The molecule has 1 amide bonds. The fourth-order valence-electron chi connectivity index (χ4n) is 4.08. The summed E-state index contributed by atoms with van der Waals surface area (Å²) in [6.07, 6.45) is 5.72. The van der Waals surface area contributed by atoms with E-state index in [9.17, 15) is 13.2 Å². The summed E-state index contributed by atoms with van der Waals surface area (Å²) in [7, 11) is -2.20. The van der Waals surface area contributed by atoms with E-state index in [0.717, 1.165) is 12.8 Å². The zero-order chi connectivity index (χ0) is 18.0. The van der Waals surface area contributed by atoms with E-state index in [2.05, 4.69) is 5.32 Å². The highest BCUT2D eigenvalue weighted by atomic mass is 32.2. The molecule has 0 bridgehead atoms. The van der Waals surface area contributed by atoms with Gasteiger partial charge in [-0.2, -0.15) is 4.31 Å². The fraction of sp³-hybridized carbons (Fsp3) is 0.611. The van der Waals surface area contributed by atoms with Crippen molar-refractivity contribution in [3.63, 3.8) is 0 Å². The third-order valence-corrected chi connectivity index (χ3v) is 7.24. The molecule has 1 aliphatic carbocycles. The third-order valence-electron chi connectivity index (χ3n) is 5.36. The maximum absolute atomic E-state index is 13.2. The summed E-state index contributed by atoms with van der Waals surface area (Å²) in [6, 6.07) is 4.72. The number of amides is 1. The normalized spacial score (nSPS) is 24.4. The molecule has 0 unspecified atom stereocenters. The van der Waals surface area contributed by atoms with Crippen molar-refractivity contribution in [2.75, 3.05) is 25.5 Å². The third kappa shape index (κ3) is 3.82. The van der Waals surface area contributed by atoms with Crippen LogP contribution in [0.2, 0.25) is 0 Å². The summed E-state index contributed by atoms with van der Waals surface area (Å²) in [4.78, 5) is 11.4. The summed E-state index contributed by atoms with van der Waals surface area (Å²) in [5, 5.41) is 2.64. The van der Waals surface area contributed by atoms with Gasteiger partial charge in [-0.15, -0.1) is 0 Å². The van der Waals surface area contributed by atoms with E-state index < -0.39 is 10.0 Å². The highest BCUT2D eigenvalue weighted by Gasteiger charge is 2.37. The van der Waals surface area contributed by atoms with Gasteiger partial charge in [-0.1, -0.05) is 19.3 Å². The van der Waals surface area contributed by atoms with Crippen molar-refractivity contribution < 1.29 is 17.9 Å². The molecule has 2 atom stereocenters. The Hall–Kier alpha value is -1.60. The molecule has 7 heteroatoms. The number of hydrogen-bond donors (Lipinski definition) is 1. The first-order chi connectivity index (χ1) is 11.9. The van der Waals surface area contributed by atoms with Crippen LogP contribution in [0.1, 0.15) is 39.0 Å². The lowest BCUT2D eigenvalue weighted by Crippen LogP contribution is -2.44. The Morgan fingerprint density at radius 3 is 2.60 bits per heavy atom. The molecule has 0 aromatic heterocycles. The van der Waals surface area contributed by atoms with Gasteiger partial charge in [0.2, 0.25) is 15.9 Å². The number of carbonyl (C=O) groups excluding carboxylic acids is 1. The number of hydrogen-bond acceptors (Lipinski definition) is 4. The first kappa shape index (κ1) is 18.2. The van der Waals surface area contributed by atoms with Crippen molar-refractivity contribution in [3.05, 3.63) is 18.2 Å². The van der Waals surface area contributed by atoms with Gasteiger partial charge < -0.3 is 10.1 Å². The predicted molar refractivity (Wildman–Crippen MR) is 96.1 cm³/mol. The zero-order valence-corrected chi connectivity index (χ0v) is 15.6. The maximum atomic E-state index is 13.2. The number of piperidine rings is 1. The van der Waals surface area contributed by atoms with Crippen LogP contribution in [0.25, 0.3) is 0 Å². The Bertz CT molecular complexity index is 747. The molecule has 1 aliphatic heterocycles. The monoisotopic (exact) mass is 366 g/mol. The average Bonchev–Trinajstić information content (AvgIpc) is 2.60. The largest absolute Gasteiger partial charge is 0.495 e. The highest BCUT2D eigenvalue weighted by molar-refractivity contribution is 7.89. The van der Waals surface area contributed by atoms with Crippen molar-refractivity contribution in [3.8, 4) is 5.75 Å². The molecule has 1 aromatic carbocycles. The minimum Gasteiger partial charge on any atom is -0.495 e. The van der Waals surface area contributed by atoms with Crippen LogP contribution in [0.4, 0.5) is 5.69 Å². The second kappa shape index (κ2) is 7.33. The molecule has 1 saturated carbocycles. The number of rotatable bonds is 4. The SMILES string of the molecule is COc1ccc(NC(C)=O)cc1S(=O)(=O)N1CC[C@H]2CCCC[C@@H]2C1. The zero-order valence-electron chi connectivity index (χ0n) is 14.8. The van der Waals surface area contributed by atoms with Gasteiger partial charge in [0, 0.05) is 25.7 Å². The van der Waals surface area contributed by atoms with Crippen LogP contribution < -0.4 is 10.1 Å². The molecule has 2 aliphatic rings. The van der Waals surface area contributed by atoms with E-state index >= 15 is 0 Å². The van der Waals surface area contributed by atoms with Gasteiger partial charge in [-0.25, -0.2) is 8.42 Å². The molecule has 2 fully saturated rings. The molecule has 25 heavy (non-hydrogen) atoms. The Morgan fingerprint density at radius 1 is 1.20 bits per heavy atom. The van der Waals surface area contributed by atoms with E-state index in [1.807, 2.05) is 0 Å². The number of sulfonamides is 1. The van der Waals surface area contributed by atoms with Crippen LogP contribution in [0, 0.1) is 11.8 Å². The number of anilines is 1. The van der Waals surface area contributed by atoms with Gasteiger partial charge in [-0.05, 0) is 42.9 Å². The molecule has 3 rings (SSSR count). The van der Waals surface area contributed by atoms with Gasteiger partial charge in [-0.3, -0.25) is 4.79 Å². The molecule has 1 aromatic rings. The van der Waals surface area contributed by atoms with Crippen molar-refractivity contribution >= 4 is 21.6 Å². The highest BCUT2D eigenvalue weighted by Crippen LogP contribution is 2.39. The minimum atomic E-state index is -3.66. The number of ether oxygens (including phenoxy) is 1. The van der Waals surface area contributed by atoms with Gasteiger partial charge in [0.1, 0.15) is 10.6 Å². The van der Waals surface area contributed by atoms with E-state index in [1.54, 1.807) is 16.4 Å². The van der Waals surface area contributed by atoms with Crippen LogP contribution in [0.3, 0.4) is 0 Å². The van der Waals surface area contributed by atoms with Crippen LogP contribution in [-0.4, -0.2) is 38.8 Å². The van der Waals surface area contributed by atoms with Crippen LogP contribution >= 0.6 is 0 Å². The van der Waals surface area contributed by atoms with Gasteiger partial charge in [0.05, 0.1) is 7.11 Å². The molecule has 6 nitrogen and oxygen atoms in total. The van der Waals surface area contributed by atoms with Gasteiger partial charge in [0.15, 0.2) is 0 Å². The van der Waals surface area contributed by atoms with Crippen molar-refractivity contribution in [1.82, 2.24) is 4.31 Å². The Kier molecular flexibility index (Phi) is 5.34. The Labute approximate surface area is 149 Å². The number of methoxy groups -OCH3 is 1. The minimum absolute atomic E-state index is 0.121. The van der Waals surface area contributed by atoms with Crippen LogP contribution in [-0.2, 0) is 14.8 Å². The molecule has 1 saturated heterocycles. The molecule has 0 radical (unpaired) electrons. The fourth-order valence-corrected chi connectivity index (χ4v) is 5.78. The first-order valence-corrected chi connectivity index (χ1v) is 10.3. The topological polar surface area (TPSA) is 75.7 Å². The lowest BCUT2D eigenvalue weighted by molar-refractivity contribution is -0.114. The Morgan fingerprint density at radius 2 is 1.92 bits per heavy atom. The Balaban J connectivity index is 1.89. The maximum Gasteiger partial charge on any atom is 0.246 e. The number of carbonyl (C=O) groups is 1. The molecular weight excluding hydrogens is 340 g/mol. The smallest absolute Gasteiger partial charge is 0.246 e. The number of nitrogens with one attached hydrogen (secondary N) is 1. The van der Waals surface area contributed by atoms with Crippen LogP contribution in [0.5, 0.6) is 5.75 Å². The summed E-state index contributed by atoms with van der Waals surface area (Å²) in [5.74, 6) is 1.19. The predicted octanol–water partition coefficient (Wildman–Crippen LogP) is 2.85. The number of benzene rings is 1. The van der Waals surface area contributed by atoms with Crippen molar-refractivity contribution in [1.29, 1.82) is 0 Å². The summed E-state index contributed by atoms with van der Waals surface area (Å²) >= 11 is 0. The van der Waals surface area contributed by atoms with E-state index in [0.29, 0.717) is 36.4 Å². The lowest BCUT2D eigenvalue weighted by Gasteiger charge is -2.40. The quantitative estimate of drug-likeness (QED) is 0.889. The molecule has 138 valence electrons. The average molecular weight is 366 g/mol. The lowest BCUT2D eigenvalue weighted by atomic mass is 9.76. The van der Waals surface area contributed by atoms with E-state index in [1.165, 1.54) is 39.4 Å². The van der Waals surface area contributed by atoms with E-state index in [-0.39, 0.29) is 10.8 Å².